The van der Waals surface area contributed by atoms with Crippen molar-refractivity contribution in [1.82, 2.24) is 0 Å². The van der Waals surface area contributed by atoms with Crippen LogP contribution in [0.25, 0.3) is 0 Å². The van der Waals surface area contributed by atoms with Gasteiger partial charge in [-0.1, -0.05) is 44.3 Å². The molecule has 0 fully saturated rings. The van der Waals surface area contributed by atoms with E-state index in [0.29, 0.717) is 4.99 Å². The summed E-state index contributed by atoms with van der Waals surface area (Å²) < 4.78 is 0. The molecule has 2 N–H and O–H groups in total. The molecule has 0 bridgehead atoms. The Kier molecular flexibility index (Phi) is 6.73. The number of nitrogens with zero attached hydrogens (tertiary/aromatic N) is 1. The molecule has 0 saturated heterocycles. The van der Waals surface area contributed by atoms with Crippen molar-refractivity contribution in [3.63, 3.8) is 0 Å². The monoisotopic (exact) mass is 264 g/mol. The average molecular weight is 264 g/mol. The first-order valence-electron chi connectivity index (χ1n) is 6.68. The highest BCUT2D eigenvalue weighted by atomic mass is 32.1. The first kappa shape index (κ1) is 15.0. The van der Waals surface area contributed by atoms with Crippen LogP contribution in [-0.4, -0.2) is 18.1 Å². The number of anilines is 1. The summed E-state index contributed by atoms with van der Waals surface area (Å²) in [4.78, 5) is 2.97. The van der Waals surface area contributed by atoms with Gasteiger partial charge in [0.2, 0.25) is 0 Å². The van der Waals surface area contributed by atoms with Crippen molar-refractivity contribution < 1.29 is 0 Å². The molecule has 0 aliphatic rings. The van der Waals surface area contributed by atoms with Crippen molar-refractivity contribution in [3.8, 4) is 0 Å². The fourth-order valence-corrected chi connectivity index (χ4v) is 2.04. The number of rotatable bonds is 8. The van der Waals surface area contributed by atoms with Crippen molar-refractivity contribution in [2.45, 2.75) is 33.1 Å². The molecule has 1 aromatic rings. The van der Waals surface area contributed by atoms with Crippen LogP contribution in [-0.2, 0) is 0 Å². The standard InChI is InChI=1S/C15H24N2S/c1-13(2)7-6-11-17(12-10-15(16)18)14-8-4-3-5-9-14/h3-5,8-9,13H,6-7,10-12H2,1-2H3,(H2,16,18). The Balaban J connectivity index is 2.55. The number of hydrogen-bond acceptors (Lipinski definition) is 2. The van der Waals surface area contributed by atoms with E-state index in [4.69, 9.17) is 18.0 Å². The molecule has 0 aliphatic heterocycles. The van der Waals surface area contributed by atoms with Gasteiger partial charge < -0.3 is 10.6 Å². The van der Waals surface area contributed by atoms with E-state index in [1.165, 1.54) is 18.5 Å². The second-order valence-corrected chi connectivity index (χ2v) is 5.60. The summed E-state index contributed by atoms with van der Waals surface area (Å²) in [5.74, 6) is 0.762. The Morgan fingerprint density at radius 3 is 2.44 bits per heavy atom. The van der Waals surface area contributed by atoms with Gasteiger partial charge in [0.25, 0.3) is 0 Å². The Morgan fingerprint density at radius 1 is 1.22 bits per heavy atom. The fraction of sp³-hybridized carbons (Fsp3) is 0.533. The molecule has 0 heterocycles. The van der Waals surface area contributed by atoms with Gasteiger partial charge in [-0.05, 0) is 30.9 Å². The summed E-state index contributed by atoms with van der Waals surface area (Å²) in [6.45, 7) is 6.52. The smallest absolute Gasteiger partial charge is 0.0745 e. The number of para-hydroxylation sites is 1. The minimum atomic E-state index is 0.597. The van der Waals surface area contributed by atoms with Gasteiger partial charge in [0.05, 0.1) is 4.99 Å². The highest BCUT2D eigenvalue weighted by Gasteiger charge is 2.06. The van der Waals surface area contributed by atoms with Crippen LogP contribution in [0.15, 0.2) is 30.3 Å². The lowest BCUT2D eigenvalue weighted by molar-refractivity contribution is 0.550. The quantitative estimate of drug-likeness (QED) is 0.727. The highest BCUT2D eigenvalue weighted by Crippen LogP contribution is 2.15. The van der Waals surface area contributed by atoms with E-state index in [0.717, 1.165) is 25.4 Å². The minimum absolute atomic E-state index is 0.597. The summed E-state index contributed by atoms with van der Waals surface area (Å²) in [7, 11) is 0. The maximum Gasteiger partial charge on any atom is 0.0745 e. The van der Waals surface area contributed by atoms with Crippen LogP contribution >= 0.6 is 12.2 Å². The van der Waals surface area contributed by atoms with Crippen LogP contribution in [0.4, 0.5) is 5.69 Å². The number of hydrogen-bond donors (Lipinski definition) is 1. The molecule has 0 spiro atoms. The lowest BCUT2D eigenvalue weighted by Gasteiger charge is -2.25. The van der Waals surface area contributed by atoms with E-state index in [2.05, 4.69) is 43.0 Å². The molecule has 0 aliphatic carbocycles. The van der Waals surface area contributed by atoms with Crippen LogP contribution < -0.4 is 10.6 Å². The SMILES string of the molecule is CC(C)CCCN(CCC(N)=S)c1ccccc1. The zero-order chi connectivity index (χ0) is 13.4. The molecular formula is C15H24N2S. The molecule has 0 atom stereocenters. The zero-order valence-corrected chi connectivity index (χ0v) is 12.2. The Labute approximate surface area is 116 Å². The molecule has 0 radical (unpaired) electrons. The van der Waals surface area contributed by atoms with Crippen molar-refractivity contribution in [2.75, 3.05) is 18.0 Å². The maximum absolute atomic E-state index is 5.60. The highest BCUT2D eigenvalue weighted by molar-refractivity contribution is 7.80. The Hall–Kier alpha value is -1.09. The van der Waals surface area contributed by atoms with Crippen molar-refractivity contribution >= 4 is 22.9 Å². The number of thiocarbonyl (C=S) groups is 1. The third kappa shape index (κ3) is 6.01. The Morgan fingerprint density at radius 2 is 1.89 bits per heavy atom. The predicted molar refractivity (Wildman–Crippen MR) is 84.1 cm³/mol. The second kappa shape index (κ2) is 8.09. The van der Waals surface area contributed by atoms with E-state index < -0.39 is 0 Å². The van der Waals surface area contributed by atoms with Crippen LogP contribution in [0, 0.1) is 5.92 Å². The summed E-state index contributed by atoms with van der Waals surface area (Å²) in [5, 5.41) is 0. The number of nitrogens with two attached hydrogens (primary N) is 1. The largest absolute Gasteiger partial charge is 0.393 e. The van der Waals surface area contributed by atoms with Gasteiger partial charge >= 0.3 is 0 Å². The molecule has 3 heteroatoms. The van der Waals surface area contributed by atoms with Crippen LogP contribution in [0.2, 0.25) is 0 Å². The minimum Gasteiger partial charge on any atom is -0.393 e. The molecule has 0 amide bonds. The fourth-order valence-electron chi connectivity index (χ4n) is 1.94. The van der Waals surface area contributed by atoms with Crippen molar-refractivity contribution in [3.05, 3.63) is 30.3 Å². The van der Waals surface area contributed by atoms with Crippen LogP contribution in [0.5, 0.6) is 0 Å². The zero-order valence-electron chi connectivity index (χ0n) is 11.4. The predicted octanol–water partition coefficient (Wildman–Crippen LogP) is 3.61. The lowest BCUT2D eigenvalue weighted by atomic mass is 10.1. The van der Waals surface area contributed by atoms with Gasteiger partial charge in [-0.3, -0.25) is 0 Å². The van der Waals surface area contributed by atoms with E-state index in [9.17, 15) is 0 Å². The molecule has 2 nitrogen and oxygen atoms in total. The molecule has 0 saturated carbocycles. The summed E-state index contributed by atoms with van der Waals surface area (Å²) in [5.41, 5.74) is 6.86. The number of benzene rings is 1. The summed E-state index contributed by atoms with van der Waals surface area (Å²) in [6, 6.07) is 10.5. The van der Waals surface area contributed by atoms with Gasteiger partial charge in [0, 0.05) is 25.2 Å². The molecule has 0 unspecified atom stereocenters. The van der Waals surface area contributed by atoms with E-state index in [1.807, 2.05) is 6.07 Å². The maximum atomic E-state index is 5.60. The van der Waals surface area contributed by atoms with Crippen LogP contribution in [0.1, 0.15) is 33.1 Å². The molecule has 100 valence electrons. The third-order valence-electron chi connectivity index (χ3n) is 2.96. The van der Waals surface area contributed by atoms with Crippen molar-refractivity contribution in [2.24, 2.45) is 11.7 Å². The second-order valence-electron chi connectivity index (χ2n) is 5.07. The van der Waals surface area contributed by atoms with Gasteiger partial charge in [0.15, 0.2) is 0 Å². The van der Waals surface area contributed by atoms with Gasteiger partial charge in [0.1, 0.15) is 0 Å². The molecular weight excluding hydrogens is 240 g/mol. The molecule has 1 rings (SSSR count). The molecule has 1 aromatic carbocycles. The normalized spacial score (nSPS) is 10.6. The first-order valence-corrected chi connectivity index (χ1v) is 7.08. The van der Waals surface area contributed by atoms with Gasteiger partial charge in [-0.15, -0.1) is 0 Å². The van der Waals surface area contributed by atoms with Crippen LogP contribution in [0.3, 0.4) is 0 Å². The van der Waals surface area contributed by atoms with Crippen molar-refractivity contribution in [1.29, 1.82) is 0 Å². The molecule has 0 aromatic heterocycles. The van der Waals surface area contributed by atoms with E-state index in [1.54, 1.807) is 0 Å². The lowest BCUT2D eigenvalue weighted by Crippen LogP contribution is -2.28. The summed E-state index contributed by atoms with van der Waals surface area (Å²) in [6.07, 6.45) is 3.26. The Bertz CT molecular complexity index is 349. The average Bonchev–Trinajstić information content (AvgIpc) is 2.34. The third-order valence-corrected chi connectivity index (χ3v) is 3.16. The summed E-state index contributed by atoms with van der Waals surface area (Å²) >= 11 is 4.97. The molecule has 18 heavy (non-hydrogen) atoms. The first-order chi connectivity index (χ1) is 8.59. The van der Waals surface area contributed by atoms with Gasteiger partial charge in [-0.25, -0.2) is 0 Å². The topological polar surface area (TPSA) is 29.3 Å². The van der Waals surface area contributed by atoms with E-state index >= 15 is 0 Å². The van der Waals surface area contributed by atoms with E-state index in [-0.39, 0.29) is 0 Å². The van der Waals surface area contributed by atoms with Gasteiger partial charge in [-0.2, -0.15) is 0 Å².